The molecule has 5 rings (SSSR count). The highest BCUT2D eigenvalue weighted by atomic mass is 35.5. The minimum absolute atomic E-state index is 0.00403. The molecular formula is C26H19ClF2N2O6S. The maximum absolute atomic E-state index is 14.8. The average molecular weight is 561 g/mol. The molecule has 0 fully saturated rings. The highest BCUT2D eigenvalue weighted by molar-refractivity contribution is 7.20. The summed E-state index contributed by atoms with van der Waals surface area (Å²) in [6.07, 6.45) is -1.03. The number of hydrogen-bond donors (Lipinski definition) is 0. The molecule has 38 heavy (non-hydrogen) atoms. The normalized spacial score (nSPS) is 15.1. The first-order chi connectivity index (χ1) is 18.3. The van der Waals surface area contributed by atoms with Crippen LogP contribution in [0.5, 0.6) is 10.9 Å². The van der Waals surface area contributed by atoms with Crippen molar-refractivity contribution in [2.45, 2.75) is 12.5 Å². The molecule has 1 aliphatic rings. The van der Waals surface area contributed by atoms with Crippen LogP contribution in [0.25, 0.3) is 10.2 Å². The first-order valence-corrected chi connectivity index (χ1v) is 12.5. The molecule has 0 spiro atoms. The number of fused-ring (bicyclic) bond motifs is 2. The predicted octanol–water partition coefficient (Wildman–Crippen LogP) is 5.86. The van der Waals surface area contributed by atoms with Crippen molar-refractivity contribution < 1.29 is 37.4 Å². The SMILES string of the molecule is COC(=O)COc1ccc(Cl)cc1[C@@H]1c2ccc(F)c(F)c2CCN1OC(=O)Oc1nc2ccccc2s1. The fourth-order valence-corrected chi connectivity index (χ4v) is 5.17. The number of ether oxygens (including phenoxy) is 3. The Morgan fingerprint density at radius 3 is 2.74 bits per heavy atom. The van der Waals surface area contributed by atoms with E-state index in [4.69, 9.17) is 25.9 Å². The molecule has 3 aromatic carbocycles. The van der Waals surface area contributed by atoms with Crippen LogP contribution in [0, 0.1) is 11.6 Å². The van der Waals surface area contributed by atoms with E-state index >= 15 is 0 Å². The van der Waals surface area contributed by atoms with Crippen molar-refractivity contribution in [2.24, 2.45) is 0 Å². The van der Waals surface area contributed by atoms with E-state index in [0.717, 1.165) is 10.8 Å². The number of halogens is 3. The van der Waals surface area contributed by atoms with Gasteiger partial charge in [0.25, 0.3) is 5.19 Å². The van der Waals surface area contributed by atoms with Crippen LogP contribution < -0.4 is 9.47 Å². The van der Waals surface area contributed by atoms with Gasteiger partial charge in [-0.25, -0.2) is 23.4 Å². The van der Waals surface area contributed by atoms with Crippen molar-refractivity contribution in [1.29, 1.82) is 0 Å². The molecular weight excluding hydrogens is 542 g/mol. The molecule has 0 N–H and O–H groups in total. The highest BCUT2D eigenvalue weighted by Gasteiger charge is 2.36. The summed E-state index contributed by atoms with van der Waals surface area (Å²) in [5, 5.41) is 1.66. The van der Waals surface area contributed by atoms with Crippen LogP contribution >= 0.6 is 22.9 Å². The van der Waals surface area contributed by atoms with Crippen LogP contribution in [0.2, 0.25) is 5.02 Å². The summed E-state index contributed by atoms with van der Waals surface area (Å²) in [5.41, 5.74) is 1.46. The van der Waals surface area contributed by atoms with E-state index in [0.29, 0.717) is 21.7 Å². The van der Waals surface area contributed by atoms with Gasteiger partial charge in [-0.3, -0.25) is 0 Å². The third-order valence-electron chi connectivity index (χ3n) is 5.87. The Morgan fingerprint density at radius 1 is 1.13 bits per heavy atom. The van der Waals surface area contributed by atoms with Gasteiger partial charge in [-0.1, -0.05) is 41.1 Å². The summed E-state index contributed by atoms with van der Waals surface area (Å²) in [6, 6.07) is 13.3. The zero-order chi connectivity index (χ0) is 26.8. The lowest BCUT2D eigenvalue weighted by Gasteiger charge is -2.36. The Morgan fingerprint density at radius 2 is 1.95 bits per heavy atom. The van der Waals surface area contributed by atoms with Gasteiger partial charge in [-0.15, -0.1) is 5.06 Å². The van der Waals surface area contributed by atoms with E-state index in [9.17, 15) is 18.4 Å². The largest absolute Gasteiger partial charge is 0.535 e. The molecule has 0 unspecified atom stereocenters. The fourth-order valence-electron chi connectivity index (χ4n) is 4.19. The summed E-state index contributed by atoms with van der Waals surface area (Å²) >= 11 is 7.44. The Bertz CT molecular complexity index is 1500. The van der Waals surface area contributed by atoms with E-state index in [1.165, 1.54) is 41.7 Å². The molecule has 8 nitrogen and oxygen atoms in total. The van der Waals surface area contributed by atoms with Gasteiger partial charge in [-0.2, -0.15) is 0 Å². The van der Waals surface area contributed by atoms with Gasteiger partial charge >= 0.3 is 12.1 Å². The van der Waals surface area contributed by atoms with Gasteiger partial charge in [0.05, 0.1) is 17.3 Å². The molecule has 0 saturated carbocycles. The lowest BCUT2D eigenvalue weighted by Crippen LogP contribution is -2.39. The average Bonchev–Trinajstić information content (AvgIpc) is 3.31. The molecule has 2 heterocycles. The van der Waals surface area contributed by atoms with Crippen LogP contribution in [-0.4, -0.2) is 42.4 Å². The van der Waals surface area contributed by atoms with E-state index in [-0.39, 0.29) is 29.5 Å². The molecule has 4 aromatic rings. The second kappa shape index (κ2) is 10.9. The van der Waals surface area contributed by atoms with Crippen molar-refractivity contribution in [3.63, 3.8) is 0 Å². The van der Waals surface area contributed by atoms with Crippen molar-refractivity contribution in [2.75, 3.05) is 20.3 Å². The second-order valence-corrected chi connectivity index (χ2v) is 9.59. The van der Waals surface area contributed by atoms with Crippen molar-refractivity contribution in [1.82, 2.24) is 10.0 Å². The van der Waals surface area contributed by atoms with Crippen LogP contribution in [0.4, 0.5) is 13.6 Å². The van der Waals surface area contributed by atoms with Gasteiger partial charge in [-0.05, 0) is 53.9 Å². The fraction of sp³-hybridized carbons (Fsp3) is 0.192. The Kier molecular flexibility index (Phi) is 7.41. The van der Waals surface area contributed by atoms with Crippen LogP contribution in [0.15, 0.2) is 54.6 Å². The van der Waals surface area contributed by atoms with Crippen molar-refractivity contribution >= 4 is 45.3 Å². The quantitative estimate of drug-likeness (QED) is 0.271. The van der Waals surface area contributed by atoms with E-state index in [2.05, 4.69) is 9.72 Å². The molecule has 1 atom stereocenters. The van der Waals surface area contributed by atoms with E-state index in [1.54, 1.807) is 12.1 Å². The topological polar surface area (TPSA) is 87.2 Å². The number of rotatable bonds is 6. The number of benzene rings is 3. The number of para-hydroxylation sites is 1. The molecule has 0 aliphatic carbocycles. The van der Waals surface area contributed by atoms with Gasteiger partial charge in [0.1, 0.15) is 11.8 Å². The minimum atomic E-state index is -1.07. The summed E-state index contributed by atoms with van der Waals surface area (Å²) in [6.45, 7) is -0.418. The number of nitrogens with zero attached hydrogens (tertiary/aromatic N) is 2. The molecule has 1 aromatic heterocycles. The Hall–Kier alpha value is -3.80. The summed E-state index contributed by atoms with van der Waals surface area (Å²) in [4.78, 5) is 34.3. The number of carbonyl (C=O) groups excluding carboxylic acids is 2. The molecule has 0 bridgehead atoms. The Labute approximate surface area is 224 Å². The van der Waals surface area contributed by atoms with Crippen molar-refractivity contribution in [3.8, 4) is 10.9 Å². The highest BCUT2D eigenvalue weighted by Crippen LogP contribution is 2.42. The number of esters is 1. The standard InChI is InChI=1S/C26H19ClF2N2O6S/c1-34-22(32)13-35-20-9-6-14(27)12-17(20)24-16-7-8-18(28)23(29)15(16)10-11-31(24)37-26(33)36-25-30-19-4-2-3-5-21(19)38-25/h2-9,12,24H,10-11,13H2,1H3/t24-/m0/s1. The summed E-state index contributed by atoms with van der Waals surface area (Å²) in [7, 11) is 1.22. The molecule has 1 aliphatic heterocycles. The summed E-state index contributed by atoms with van der Waals surface area (Å²) < 4.78 is 45.3. The van der Waals surface area contributed by atoms with E-state index in [1.807, 2.05) is 18.2 Å². The third-order valence-corrected chi connectivity index (χ3v) is 7.02. The lowest BCUT2D eigenvalue weighted by atomic mass is 9.88. The lowest BCUT2D eigenvalue weighted by molar-refractivity contribution is -0.143. The molecule has 0 saturated heterocycles. The van der Waals surface area contributed by atoms with Crippen LogP contribution in [-0.2, 0) is 20.8 Å². The van der Waals surface area contributed by atoms with Crippen LogP contribution in [0.1, 0.15) is 22.7 Å². The molecule has 0 radical (unpaired) electrons. The Balaban J connectivity index is 1.49. The van der Waals surface area contributed by atoms with Gasteiger partial charge in [0.15, 0.2) is 18.2 Å². The first-order valence-electron chi connectivity index (χ1n) is 11.3. The molecule has 0 amide bonds. The van der Waals surface area contributed by atoms with Crippen LogP contribution in [0.3, 0.4) is 0 Å². The molecule has 12 heteroatoms. The number of hydrogen-bond acceptors (Lipinski definition) is 9. The number of aromatic nitrogens is 1. The third kappa shape index (κ3) is 5.26. The predicted molar refractivity (Wildman–Crippen MR) is 134 cm³/mol. The van der Waals surface area contributed by atoms with Gasteiger partial charge in [0, 0.05) is 17.1 Å². The van der Waals surface area contributed by atoms with E-state index < -0.39 is 36.4 Å². The number of methoxy groups -OCH3 is 1. The van der Waals surface area contributed by atoms with Gasteiger partial charge in [0.2, 0.25) is 0 Å². The number of carbonyl (C=O) groups is 2. The van der Waals surface area contributed by atoms with Crippen molar-refractivity contribution in [3.05, 3.63) is 87.9 Å². The smallest absolute Gasteiger partial charge is 0.482 e. The number of thiazole rings is 1. The maximum atomic E-state index is 14.8. The first kappa shape index (κ1) is 25.8. The summed E-state index contributed by atoms with van der Waals surface area (Å²) in [5.74, 6) is -2.42. The zero-order valence-corrected chi connectivity index (χ0v) is 21.4. The zero-order valence-electron chi connectivity index (χ0n) is 19.8. The minimum Gasteiger partial charge on any atom is -0.482 e. The number of hydroxylamine groups is 2. The monoisotopic (exact) mass is 560 g/mol. The maximum Gasteiger partial charge on any atom is 0.535 e. The second-order valence-electron chi connectivity index (χ2n) is 8.16. The van der Waals surface area contributed by atoms with Gasteiger partial charge < -0.3 is 19.0 Å². The molecule has 196 valence electrons.